The Bertz CT molecular complexity index is 375. The lowest BCUT2D eigenvalue weighted by molar-refractivity contribution is -0.118. The number of carbonyl (C=O) groups is 1. The first kappa shape index (κ1) is 7.06. The minimum atomic E-state index is -0.00185. The van der Waals surface area contributed by atoms with E-state index >= 15 is 0 Å². The van der Waals surface area contributed by atoms with Gasteiger partial charge in [-0.05, 0) is 12.5 Å². The van der Waals surface area contributed by atoms with E-state index in [0.717, 1.165) is 17.7 Å². The largest absolute Gasteiger partial charge is 0.487 e. The lowest BCUT2D eigenvalue weighted by atomic mass is 9.98. The maximum Gasteiger partial charge on any atom is 0.144 e. The molecule has 1 aliphatic heterocycles. The topological polar surface area (TPSA) is 39.2 Å². The number of carbonyl (C=O) groups excluding carboxylic acids is 1. The molecule has 0 spiro atoms. The molecule has 0 N–H and O–H groups in total. The summed E-state index contributed by atoms with van der Waals surface area (Å²) in [5.41, 5.74) is 1.03. The van der Waals surface area contributed by atoms with Crippen molar-refractivity contribution >= 4 is 5.78 Å². The van der Waals surface area contributed by atoms with Crippen LogP contribution < -0.4 is 4.74 Å². The van der Waals surface area contributed by atoms with Gasteiger partial charge in [0.25, 0.3) is 0 Å². The molecule has 2 atom stereocenters. The number of pyridine rings is 1. The van der Waals surface area contributed by atoms with Crippen LogP contribution in [0.5, 0.6) is 5.75 Å². The molecule has 66 valence electrons. The number of hydrogen-bond donors (Lipinski definition) is 0. The minimum absolute atomic E-state index is 0.00185. The monoisotopic (exact) mass is 175 g/mol. The van der Waals surface area contributed by atoms with Crippen molar-refractivity contribution in [3.05, 3.63) is 24.0 Å². The number of rotatable bonds is 0. The molecule has 2 aliphatic rings. The van der Waals surface area contributed by atoms with E-state index in [4.69, 9.17) is 4.74 Å². The van der Waals surface area contributed by atoms with Crippen LogP contribution >= 0.6 is 0 Å². The molecule has 0 amide bonds. The standard InChI is InChI=1S/C10H9NO2/c12-7-1-2-8-10(7)6-3-4-11-5-9(6)13-8/h3-5,8,10H,1-2H2. The average Bonchev–Trinajstić information content (AvgIpc) is 2.66. The van der Waals surface area contributed by atoms with E-state index < -0.39 is 0 Å². The quantitative estimate of drug-likeness (QED) is 0.596. The van der Waals surface area contributed by atoms with Crippen LogP contribution in [0.2, 0.25) is 0 Å². The Morgan fingerprint density at radius 3 is 3.38 bits per heavy atom. The van der Waals surface area contributed by atoms with E-state index in [1.54, 1.807) is 12.4 Å². The van der Waals surface area contributed by atoms with Crippen molar-refractivity contribution in [2.45, 2.75) is 24.9 Å². The molecule has 0 radical (unpaired) electrons. The highest BCUT2D eigenvalue weighted by molar-refractivity contribution is 5.90. The van der Waals surface area contributed by atoms with Gasteiger partial charge in [-0.25, -0.2) is 0 Å². The summed E-state index contributed by atoms with van der Waals surface area (Å²) in [6.07, 6.45) is 5.03. The molecular weight excluding hydrogens is 166 g/mol. The second-order valence-corrected chi connectivity index (χ2v) is 3.55. The van der Waals surface area contributed by atoms with Crippen molar-refractivity contribution in [2.24, 2.45) is 0 Å². The first-order valence-corrected chi connectivity index (χ1v) is 4.49. The number of nitrogens with zero attached hydrogens (tertiary/aromatic N) is 1. The Morgan fingerprint density at radius 1 is 1.54 bits per heavy atom. The highest BCUT2D eigenvalue weighted by Crippen LogP contribution is 2.44. The summed E-state index contributed by atoms with van der Waals surface area (Å²) in [5, 5.41) is 0. The second-order valence-electron chi connectivity index (χ2n) is 3.55. The molecule has 3 heteroatoms. The van der Waals surface area contributed by atoms with E-state index in [-0.39, 0.29) is 12.0 Å². The lowest BCUT2D eigenvalue weighted by Crippen LogP contribution is -2.14. The maximum atomic E-state index is 11.5. The van der Waals surface area contributed by atoms with Crippen LogP contribution in [0.3, 0.4) is 0 Å². The zero-order chi connectivity index (χ0) is 8.84. The second kappa shape index (κ2) is 2.31. The summed E-state index contributed by atoms with van der Waals surface area (Å²) in [6.45, 7) is 0. The van der Waals surface area contributed by atoms with Crippen LogP contribution in [0.25, 0.3) is 0 Å². The molecule has 1 aliphatic carbocycles. The third-order valence-electron chi connectivity index (χ3n) is 2.82. The van der Waals surface area contributed by atoms with E-state index in [1.165, 1.54) is 0 Å². The van der Waals surface area contributed by atoms with Gasteiger partial charge < -0.3 is 4.74 Å². The van der Waals surface area contributed by atoms with Crippen molar-refractivity contribution in [3.63, 3.8) is 0 Å². The number of ketones is 1. The Kier molecular flexibility index (Phi) is 1.26. The van der Waals surface area contributed by atoms with Gasteiger partial charge in [0.15, 0.2) is 0 Å². The molecule has 1 aromatic rings. The molecule has 2 unspecified atom stereocenters. The van der Waals surface area contributed by atoms with Gasteiger partial charge in [-0.15, -0.1) is 0 Å². The lowest BCUT2D eigenvalue weighted by Gasteiger charge is -2.05. The number of ether oxygens (including phenoxy) is 1. The first-order valence-electron chi connectivity index (χ1n) is 4.49. The van der Waals surface area contributed by atoms with Crippen molar-refractivity contribution < 1.29 is 9.53 Å². The molecule has 2 heterocycles. The van der Waals surface area contributed by atoms with Crippen LogP contribution in [-0.2, 0) is 4.79 Å². The Hall–Kier alpha value is -1.38. The normalized spacial score (nSPS) is 29.7. The van der Waals surface area contributed by atoms with Crippen LogP contribution in [0, 0.1) is 0 Å². The smallest absolute Gasteiger partial charge is 0.144 e. The average molecular weight is 175 g/mol. The highest BCUT2D eigenvalue weighted by Gasteiger charge is 2.43. The number of aromatic nitrogens is 1. The molecule has 0 bridgehead atoms. The van der Waals surface area contributed by atoms with Crippen LogP contribution in [0.15, 0.2) is 18.5 Å². The molecule has 3 nitrogen and oxygen atoms in total. The highest BCUT2D eigenvalue weighted by atomic mass is 16.5. The van der Waals surface area contributed by atoms with Crippen molar-refractivity contribution in [2.75, 3.05) is 0 Å². The van der Waals surface area contributed by atoms with Crippen LogP contribution in [-0.4, -0.2) is 16.9 Å². The number of fused-ring (bicyclic) bond motifs is 3. The van der Waals surface area contributed by atoms with Gasteiger partial charge in [0.2, 0.25) is 0 Å². The third kappa shape index (κ3) is 0.842. The fourth-order valence-electron chi connectivity index (χ4n) is 2.22. The van der Waals surface area contributed by atoms with Gasteiger partial charge in [0.05, 0.1) is 12.1 Å². The molecule has 13 heavy (non-hydrogen) atoms. The predicted octanol–water partition coefficient (Wildman–Crippen LogP) is 1.29. The molecule has 1 fully saturated rings. The fourth-order valence-corrected chi connectivity index (χ4v) is 2.22. The summed E-state index contributed by atoms with van der Waals surface area (Å²) in [7, 11) is 0. The predicted molar refractivity (Wildman–Crippen MR) is 45.6 cm³/mol. The Morgan fingerprint density at radius 2 is 2.46 bits per heavy atom. The number of Topliss-reactive ketones (excluding diaryl/α,β-unsaturated/α-hetero) is 1. The summed E-state index contributed by atoms with van der Waals surface area (Å²) < 4.78 is 5.62. The van der Waals surface area contributed by atoms with Crippen molar-refractivity contribution in [3.8, 4) is 5.75 Å². The molecule has 0 aromatic carbocycles. The summed E-state index contributed by atoms with van der Waals surface area (Å²) in [6, 6.07) is 1.89. The molecular formula is C10H9NO2. The van der Waals surface area contributed by atoms with Gasteiger partial charge in [-0.3, -0.25) is 9.78 Å². The van der Waals surface area contributed by atoms with Crippen molar-refractivity contribution in [1.82, 2.24) is 4.98 Å². The van der Waals surface area contributed by atoms with Gasteiger partial charge >= 0.3 is 0 Å². The molecule has 0 saturated heterocycles. The van der Waals surface area contributed by atoms with Gasteiger partial charge in [0.1, 0.15) is 17.6 Å². The van der Waals surface area contributed by atoms with Gasteiger partial charge in [-0.1, -0.05) is 0 Å². The first-order chi connectivity index (χ1) is 6.36. The Balaban J connectivity index is 2.13. The van der Waals surface area contributed by atoms with Gasteiger partial charge in [-0.2, -0.15) is 0 Å². The molecule has 1 aromatic heterocycles. The van der Waals surface area contributed by atoms with E-state index in [9.17, 15) is 4.79 Å². The molecule has 1 saturated carbocycles. The van der Waals surface area contributed by atoms with E-state index in [1.807, 2.05) is 6.07 Å². The van der Waals surface area contributed by atoms with Crippen LogP contribution in [0.4, 0.5) is 0 Å². The summed E-state index contributed by atoms with van der Waals surface area (Å²) in [5.74, 6) is 1.11. The number of hydrogen-bond acceptors (Lipinski definition) is 3. The van der Waals surface area contributed by atoms with Crippen molar-refractivity contribution in [1.29, 1.82) is 0 Å². The summed E-state index contributed by atoms with van der Waals surface area (Å²) >= 11 is 0. The van der Waals surface area contributed by atoms with E-state index in [0.29, 0.717) is 12.2 Å². The maximum absolute atomic E-state index is 11.5. The fraction of sp³-hybridized carbons (Fsp3) is 0.400. The minimum Gasteiger partial charge on any atom is -0.487 e. The molecule has 3 rings (SSSR count). The zero-order valence-corrected chi connectivity index (χ0v) is 7.06. The summed E-state index contributed by atoms with van der Waals surface area (Å²) in [4.78, 5) is 15.5. The SMILES string of the molecule is O=C1CCC2Oc3cnccc3C12. The van der Waals surface area contributed by atoms with Crippen LogP contribution in [0.1, 0.15) is 24.3 Å². The third-order valence-corrected chi connectivity index (χ3v) is 2.82. The van der Waals surface area contributed by atoms with E-state index in [2.05, 4.69) is 4.98 Å². The van der Waals surface area contributed by atoms with Gasteiger partial charge in [0, 0.05) is 18.2 Å². The Labute approximate surface area is 75.7 Å². The zero-order valence-electron chi connectivity index (χ0n) is 7.06.